The molecule has 3 N–H and O–H groups in total. The number of nitrogens with one attached hydrogen (secondary N) is 2. The molecule has 2 atom stereocenters. The van der Waals surface area contributed by atoms with E-state index >= 15 is 0 Å². The van der Waals surface area contributed by atoms with Crippen molar-refractivity contribution in [2.45, 2.75) is 19.4 Å². The van der Waals surface area contributed by atoms with E-state index in [-0.39, 0.29) is 5.91 Å². The summed E-state index contributed by atoms with van der Waals surface area (Å²) in [4.78, 5) is 23.3. The molecule has 28 heavy (non-hydrogen) atoms. The van der Waals surface area contributed by atoms with Crippen molar-refractivity contribution in [1.29, 1.82) is 0 Å². The Kier molecular flexibility index (Phi) is 6.70. The molecule has 1 aromatic heterocycles. The molecule has 0 saturated carbocycles. The molecule has 0 aliphatic heterocycles. The highest BCUT2D eigenvalue weighted by atomic mass is 19.1. The molecule has 0 radical (unpaired) electrons. The lowest BCUT2D eigenvalue weighted by atomic mass is 9.99. The van der Waals surface area contributed by atoms with Gasteiger partial charge in [0.1, 0.15) is 5.82 Å². The van der Waals surface area contributed by atoms with Gasteiger partial charge in [-0.1, -0.05) is 19.1 Å². The number of nitrogens with zero attached hydrogens (tertiary/aromatic N) is 2. The number of hydrogen-bond acceptors (Lipinski definition) is 3. The number of anilines is 1. The first-order valence-electron chi connectivity index (χ1n) is 8.63. The molecule has 0 fully saturated rings. The minimum Gasteiger partial charge on any atom is -0.465 e. The van der Waals surface area contributed by atoms with Gasteiger partial charge >= 0.3 is 6.09 Å². The summed E-state index contributed by atoms with van der Waals surface area (Å²) in [5.41, 5.74) is 1.82. The number of rotatable bonds is 8. The van der Waals surface area contributed by atoms with Crippen molar-refractivity contribution < 1.29 is 19.1 Å². The Morgan fingerprint density at radius 2 is 2.07 bits per heavy atom. The third kappa shape index (κ3) is 4.85. The van der Waals surface area contributed by atoms with Gasteiger partial charge in [0, 0.05) is 12.6 Å². The van der Waals surface area contributed by atoms with Gasteiger partial charge in [-0.3, -0.25) is 9.48 Å². The highest BCUT2D eigenvalue weighted by Crippen LogP contribution is 2.31. The number of aryl methyl sites for hydroxylation is 1. The normalized spacial score (nSPS) is 12.7. The third-order valence-electron chi connectivity index (χ3n) is 4.26. The largest absolute Gasteiger partial charge is 0.465 e. The van der Waals surface area contributed by atoms with Crippen molar-refractivity contribution in [1.82, 2.24) is 15.1 Å². The Bertz CT molecular complexity index is 907. The highest BCUT2D eigenvalue weighted by Gasteiger charge is 2.19. The van der Waals surface area contributed by atoms with E-state index in [1.807, 2.05) is 0 Å². The van der Waals surface area contributed by atoms with Crippen molar-refractivity contribution in [3.63, 3.8) is 0 Å². The first kappa shape index (κ1) is 20.9. The molecule has 148 valence electrons. The topological polar surface area (TPSA) is 96.2 Å². The zero-order chi connectivity index (χ0) is 20.8. The smallest absolute Gasteiger partial charge is 0.405 e. The van der Waals surface area contributed by atoms with E-state index in [9.17, 15) is 14.0 Å². The Hall–Kier alpha value is -3.42. The fourth-order valence-electron chi connectivity index (χ4n) is 2.77. The van der Waals surface area contributed by atoms with Gasteiger partial charge in [-0.05, 0) is 30.2 Å². The van der Waals surface area contributed by atoms with Crippen LogP contribution in [0, 0.1) is 11.7 Å². The molecule has 7 nitrogen and oxygen atoms in total. The summed E-state index contributed by atoms with van der Waals surface area (Å²) >= 11 is 0. The van der Waals surface area contributed by atoms with Gasteiger partial charge in [0.25, 0.3) is 0 Å². The van der Waals surface area contributed by atoms with E-state index in [2.05, 4.69) is 28.9 Å². The number of carboxylic acid groups (broad SMARTS) is 1. The van der Waals surface area contributed by atoms with Crippen LogP contribution in [0.4, 0.5) is 14.9 Å². The Balaban J connectivity index is 2.48. The van der Waals surface area contributed by atoms with Crippen LogP contribution >= 0.6 is 0 Å². The molecule has 1 aromatic carbocycles. The van der Waals surface area contributed by atoms with Crippen LogP contribution < -0.4 is 10.6 Å². The molecular weight excluding hydrogens is 363 g/mol. The molecule has 2 amide bonds. The van der Waals surface area contributed by atoms with Crippen LogP contribution in [0.2, 0.25) is 0 Å². The maximum Gasteiger partial charge on any atom is 0.405 e. The van der Waals surface area contributed by atoms with Gasteiger partial charge in [-0.15, -0.1) is 13.2 Å². The number of carbonyl (C=O) groups is 2. The maximum absolute atomic E-state index is 14.3. The van der Waals surface area contributed by atoms with Crippen LogP contribution in [0.25, 0.3) is 11.3 Å². The zero-order valence-corrected chi connectivity index (χ0v) is 15.8. The predicted octanol–water partition coefficient (Wildman–Crippen LogP) is 3.87. The van der Waals surface area contributed by atoms with Gasteiger partial charge in [0.15, 0.2) is 0 Å². The first-order chi connectivity index (χ1) is 13.3. The van der Waals surface area contributed by atoms with Gasteiger partial charge in [0.05, 0.1) is 29.5 Å². The molecule has 0 spiro atoms. The fourth-order valence-corrected chi connectivity index (χ4v) is 2.77. The minimum atomic E-state index is -1.22. The summed E-state index contributed by atoms with van der Waals surface area (Å²) in [6.07, 6.45) is 3.62. The standard InChI is InChI=1S/C20H23FN4O3/c1-5-7-16(24-20(27)28)13-8-14(10-15(21)9-13)18-17(11-22-25(18)4)23-19(26)12(3)6-2/h5-6,8-12,16,24H,1-2,7H2,3-4H3,(H,23,26)(H,27,28). The number of carbonyl (C=O) groups excluding carboxylic acids is 1. The molecule has 0 aliphatic carbocycles. The van der Waals surface area contributed by atoms with E-state index in [4.69, 9.17) is 5.11 Å². The van der Waals surface area contributed by atoms with Crippen LogP contribution in [0.1, 0.15) is 24.9 Å². The second kappa shape index (κ2) is 8.98. The first-order valence-corrected chi connectivity index (χ1v) is 8.63. The third-order valence-corrected chi connectivity index (χ3v) is 4.26. The van der Waals surface area contributed by atoms with Crippen molar-refractivity contribution in [2.75, 3.05) is 5.32 Å². The van der Waals surface area contributed by atoms with Gasteiger partial charge in [-0.25, -0.2) is 9.18 Å². The SMILES string of the molecule is C=CCC(NC(=O)O)c1cc(F)cc(-c2c(NC(=O)C(C)C=C)cnn2C)c1. The number of halogens is 1. The monoisotopic (exact) mass is 386 g/mol. The molecule has 2 rings (SSSR count). The summed E-state index contributed by atoms with van der Waals surface area (Å²) in [5.74, 6) is -1.21. The number of aromatic nitrogens is 2. The molecular formula is C20H23FN4O3. The molecule has 0 bridgehead atoms. The number of benzene rings is 1. The second-order valence-electron chi connectivity index (χ2n) is 6.34. The van der Waals surface area contributed by atoms with Gasteiger partial charge in [-0.2, -0.15) is 5.10 Å². The fraction of sp³-hybridized carbons (Fsp3) is 0.250. The Labute approximate surface area is 162 Å². The lowest BCUT2D eigenvalue weighted by Gasteiger charge is -2.17. The van der Waals surface area contributed by atoms with E-state index in [1.54, 1.807) is 26.1 Å². The van der Waals surface area contributed by atoms with Crippen LogP contribution in [0.5, 0.6) is 0 Å². The quantitative estimate of drug-likeness (QED) is 0.600. The van der Waals surface area contributed by atoms with Gasteiger partial charge in [0.2, 0.25) is 5.91 Å². The average Bonchev–Trinajstić information content (AvgIpc) is 2.99. The minimum absolute atomic E-state index is 0.266. The number of amides is 2. The van der Waals surface area contributed by atoms with Crippen molar-refractivity contribution in [2.24, 2.45) is 13.0 Å². The molecule has 8 heteroatoms. The van der Waals surface area contributed by atoms with Crippen molar-refractivity contribution in [3.05, 3.63) is 61.1 Å². The zero-order valence-electron chi connectivity index (χ0n) is 15.8. The van der Waals surface area contributed by atoms with Gasteiger partial charge < -0.3 is 15.7 Å². The average molecular weight is 386 g/mol. The summed E-state index contributed by atoms with van der Waals surface area (Å²) < 4.78 is 15.8. The summed E-state index contributed by atoms with van der Waals surface area (Å²) in [6, 6.07) is 3.58. The van der Waals surface area contributed by atoms with Crippen LogP contribution in [0.3, 0.4) is 0 Å². The van der Waals surface area contributed by atoms with Crippen LogP contribution in [0.15, 0.2) is 49.7 Å². The van der Waals surface area contributed by atoms with E-state index < -0.39 is 23.9 Å². The Morgan fingerprint density at radius 3 is 2.68 bits per heavy atom. The summed E-state index contributed by atoms with van der Waals surface area (Å²) in [5, 5.41) is 18.3. The molecule has 1 heterocycles. The van der Waals surface area contributed by atoms with E-state index in [1.165, 1.54) is 29.1 Å². The summed E-state index contributed by atoms with van der Waals surface area (Å²) in [6.45, 7) is 8.92. The molecule has 0 aliphatic rings. The second-order valence-corrected chi connectivity index (χ2v) is 6.34. The van der Waals surface area contributed by atoms with Crippen molar-refractivity contribution in [3.8, 4) is 11.3 Å². The predicted molar refractivity (Wildman–Crippen MR) is 105 cm³/mol. The molecule has 2 unspecified atom stereocenters. The van der Waals surface area contributed by atoms with E-state index in [0.717, 1.165) is 0 Å². The van der Waals surface area contributed by atoms with Crippen LogP contribution in [-0.2, 0) is 11.8 Å². The highest BCUT2D eigenvalue weighted by molar-refractivity contribution is 5.96. The van der Waals surface area contributed by atoms with Crippen LogP contribution in [-0.4, -0.2) is 26.9 Å². The summed E-state index contributed by atoms with van der Waals surface area (Å²) in [7, 11) is 1.67. The number of hydrogen-bond donors (Lipinski definition) is 3. The molecule has 0 saturated heterocycles. The lowest BCUT2D eigenvalue weighted by Crippen LogP contribution is -2.26. The lowest BCUT2D eigenvalue weighted by molar-refractivity contribution is -0.118. The Morgan fingerprint density at radius 1 is 1.36 bits per heavy atom. The molecule has 2 aromatic rings. The van der Waals surface area contributed by atoms with Crippen molar-refractivity contribution >= 4 is 17.7 Å². The van der Waals surface area contributed by atoms with E-state index in [0.29, 0.717) is 28.9 Å². The maximum atomic E-state index is 14.3.